The number of hydrogen-bond acceptors (Lipinski definition) is 7. The van der Waals surface area contributed by atoms with Crippen LogP contribution in [0.25, 0.3) is 0 Å². The van der Waals surface area contributed by atoms with Gasteiger partial charge in [0.05, 0.1) is 23.0 Å². The van der Waals surface area contributed by atoms with E-state index in [-0.39, 0.29) is 52.8 Å². The number of carboxylic acid groups (broad SMARTS) is 2. The molecule has 2 saturated heterocycles. The van der Waals surface area contributed by atoms with Crippen LogP contribution in [0.2, 0.25) is 0 Å². The van der Waals surface area contributed by atoms with E-state index in [1.165, 1.54) is 0 Å². The molecule has 270 valence electrons. The molecular formula is C39H60O9. The number of rotatable bonds is 4. The first-order valence-electron chi connectivity index (χ1n) is 18.8. The zero-order valence-corrected chi connectivity index (χ0v) is 30.6. The van der Waals surface area contributed by atoms with Gasteiger partial charge in [-0.15, -0.1) is 0 Å². The number of fused-ring (bicyclic) bond motifs is 8. The molecule has 7 rings (SSSR count). The third-order valence-electron chi connectivity index (χ3n) is 16.1. The molecule has 0 aromatic carbocycles. The van der Waals surface area contributed by atoms with Crippen LogP contribution in [0.15, 0.2) is 11.6 Å². The first kappa shape index (κ1) is 34.9. The Morgan fingerprint density at radius 1 is 0.833 bits per heavy atom. The van der Waals surface area contributed by atoms with Gasteiger partial charge in [0.15, 0.2) is 12.1 Å². The predicted molar refractivity (Wildman–Crippen MR) is 178 cm³/mol. The van der Waals surface area contributed by atoms with Crippen molar-refractivity contribution in [3.8, 4) is 0 Å². The summed E-state index contributed by atoms with van der Waals surface area (Å²) in [7, 11) is 0. The van der Waals surface area contributed by atoms with Crippen molar-refractivity contribution >= 4 is 11.9 Å². The van der Waals surface area contributed by atoms with Crippen molar-refractivity contribution in [2.24, 2.45) is 56.7 Å². The van der Waals surface area contributed by atoms with Gasteiger partial charge in [0, 0.05) is 0 Å². The summed E-state index contributed by atoms with van der Waals surface area (Å²) in [5.41, 5.74) is -1.92. The number of ether oxygens (including phenoxy) is 4. The van der Waals surface area contributed by atoms with Crippen LogP contribution in [-0.2, 0) is 28.5 Å². The number of carbonyl (C=O) groups is 2. The normalized spacial score (nSPS) is 53.6. The summed E-state index contributed by atoms with van der Waals surface area (Å²) in [6.07, 6.45) is 5.50. The van der Waals surface area contributed by atoms with E-state index in [0.29, 0.717) is 25.2 Å². The van der Waals surface area contributed by atoms with E-state index >= 15 is 0 Å². The maximum absolute atomic E-state index is 13.9. The van der Waals surface area contributed by atoms with E-state index in [2.05, 4.69) is 47.6 Å². The molecule has 9 nitrogen and oxygen atoms in total. The average Bonchev–Trinajstić information content (AvgIpc) is 3.34. The van der Waals surface area contributed by atoms with Gasteiger partial charge >= 0.3 is 11.9 Å². The Labute approximate surface area is 286 Å². The molecule has 0 spiro atoms. The zero-order valence-electron chi connectivity index (χ0n) is 30.6. The van der Waals surface area contributed by atoms with E-state index < -0.39 is 52.5 Å². The molecular weight excluding hydrogens is 612 g/mol. The second-order valence-electron chi connectivity index (χ2n) is 18.7. The van der Waals surface area contributed by atoms with Crippen LogP contribution in [0.4, 0.5) is 0 Å². The second-order valence-corrected chi connectivity index (χ2v) is 18.7. The summed E-state index contributed by atoms with van der Waals surface area (Å²) in [4.78, 5) is 26.9. The van der Waals surface area contributed by atoms with Crippen LogP contribution >= 0.6 is 0 Å². The number of aliphatic carboxylic acids is 2. The minimum atomic E-state index is -1.07. The number of carboxylic acids is 2. The highest BCUT2D eigenvalue weighted by Crippen LogP contribution is 2.76. The van der Waals surface area contributed by atoms with Gasteiger partial charge in [0.2, 0.25) is 0 Å². The lowest BCUT2D eigenvalue weighted by molar-refractivity contribution is -0.312. The van der Waals surface area contributed by atoms with Crippen molar-refractivity contribution < 1.29 is 43.9 Å². The molecule has 0 aromatic rings. The molecule has 0 bridgehead atoms. The van der Waals surface area contributed by atoms with Crippen LogP contribution in [0.1, 0.15) is 120 Å². The fourth-order valence-electron chi connectivity index (χ4n) is 13.5. The highest BCUT2D eigenvalue weighted by molar-refractivity contribution is 5.84. The molecule has 4 saturated carbocycles. The topological polar surface area (TPSA) is 132 Å². The molecule has 15 atom stereocenters. The number of allylic oxidation sites excluding steroid dienone is 1. The molecule has 0 radical (unpaired) electrons. The van der Waals surface area contributed by atoms with Gasteiger partial charge in [-0.05, 0) is 124 Å². The Balaban J connectivity index is 1.20. The summed E-state index contributed by atoms with van der Waals surface area (Å²) in [5.74, 6) is -1.69. The van der Waals surface area contributed by atoms with Crippen LogP contribution in [0.5, 0.6) is 0 Å². The monoisotopic (exact) mass is 672 g/mol. The van der Waals surface area contributed by atoms with Gasteiger partial charge < -0.3 is 34.3 Å². The lowest BCUT2D eigenvalue weighted by Gasteiger charge is -2.70. The van der Waals surface area contributed by atoms with Gasteiger partial charge in [0.1, 0.15) is 18.3 Å². The summed E-state index contributed by atoms with van der Waals surface area (Å²) >= 11 is 0. The Morgan fingerprint density at radius 3 is 2.19 bits per heavy atom. The Bertz CT molecular complexity index is 1370. The summed E-state index contributed by atoms with van der Waals surface area (Å²) in [6, 6.07) is 0. The molecule has 3 unspecified atom stereocenters. The van der Waals surface area contributed by atoms with Crippen molar-refractivity contribution in [3.63, 3.8) is 0 Å². The first-order valence-corrected chi connectivity index (χ1v) is 18.8. The third kappa shape index (κ3) is 4.45. The van der Waals surface area contributed by atoms with Gasteiger partial charge in [-0.1, -0.05) is 53.2 Å². The van der Waals surface area contributed by atoms with Crippen LogP contribution in [0.3, 0.4) is 0 Å². The summed E-state index contributed by atoms with van der Waals surface area (Å²) < 4.78 is 25.1. The molecule has 9 heteroatoms. The van der Waals surface area contributed by atoms with E-state index in [9.17, 15) is 24.9 Å². The van der Waals surface area contributed by atoms with Crippen molar-refractivity contribution in [1.82, 2.24) is 0 Å². The molecule has 48 heavy (non-hydrogen) atoms. The van der Waals surface area contributed by atoms with E-state index in [1.807, 2.05) is 20.8 Å². The molecule has 0 amide bonds. The van der Waals surface area contributed by atoms with E-state index in [0.717, 1.165) is 44.1 Å². The third-order valence-corrected chi connectivity index (χ3v) is 16.1. The molecule has 2 heterocycles. The lowest BCUT2D eigenvalue weighted by atomic mass is 9.33. The Hall–Kier alpha value is -1.52. The predicted octanol–water partition coefficient (Wildman–Crippen LogP) is 6.80. The number of aliphatic hydroxyl groups excluding tert-OH is 1. The van der Waals surface area contributed by atoms with Gasteiger partial charge in [-0.2, -0.15) is 0 Å². The maximum atomic E-state index is 13.9. The first-order chi connectivity index (χ1) is 22.3. The average molecular weight is 673 g/mol. The molecule has 2 aliphatic heterocycles. The van der Waals surface area contributed by atoms with Crippen LogP contribution in [0, 0.1) is 56.7 Å². The highest BCUT2D eigenvalue weighted by atomic mass is 16.8. The van der Waals surface area contributed by atoms with Crippen molar-refractivity contribution in [3.05, 3.63) is 11.6 Å². The SMILES string of the molecule is C[C@@H]1C2C3=CCC4[C@@]5(C)CC[C@H](O[C@@H]6O[C@H](C)[C@@H]7OC(C)(C)O[C@@H]7[C@H]6O)C(C)(C)C5CC[C@@]4(C)[C@@]3(C(=O)O)CC[C@@]2(C(=O)O)CC[C@@H]1C. The van der Waals surface area contributed by atoms with Crippen LogP contribution < -0.4 is 0 Å². The maximum Gasteiger partial charge on any atom is 0.314 e. The number of aliphatic hydroxyl groups is 1. The fraction of sp³-hybridized carbons (Fsp3) is 0.897. The standard InChI is InChI=1S/C39H60O9/c1-20-12-17-38(32(41)42)18-19-39(33(43)44)23(27(38)21(20)2)10-11-25-36(8)15-14-26(34(4,5)24(36)13-16-37(25,39)9)46-31-28(40)30-29(22(3)45-31)47-35(6,7)48-30/h10,20-22,24-31,40H,11-19H2,1-9H3,(H,41,42)(H,43,44)/t20-,21-,22+,24?,25?,26-,27?,28+,29-,30+,31-,36-,37+,38-,39-/m0/s1. The largest absolute Gasteiger partial charge is 0.481 e. The van der Waals surface area contributed by atoms with Crippen molar-refractivity contribution in [2.75, 3.05) is 0 Å². The Kier molecular flexibility index (Phi) is 7.99. The number of hydrogen-bond donors (Lipinski definition) is 3. The second kappa shape index (κ2) is 11.0. The van der Waals surface area contributed by atoms with Crippen molar-refractivity contribution in [2.45, 2.75) is 163 Å². The van der Waals surface area contributed by atoms with Crippen molar-refractivity contribution in [1.29, 1.82) is 0 Å². The van der Waals surface area contributed by atoms with E-state index in [1.54, 1.807) is 0 Å². The molecule has 0 aromatic heterocycles. The highest BCUT2D eigenvalue weighted by Gasteiger charge is 2.73. The molecule has 7 aliphatic rings. The van der Waals surface area contributed by atoms with Crippen LogP contribution in [-0.4, -0.2) is 69.9 Å². The molecule has 3 N–H and O–H groups in total. The minimum absolute atomic E-state index is 0.112. The zero-order chi connectivity index (χ0) is 35.0. The summed E-state index contributed by atoms with van der Waals surface area (Å²) in [6.45, 7) is 19.2. The fourth-order valence-corrected chi connectivity index (χ4v) is 13.5. The molecule has 5 aliphatic carbocycles. The lowest BCUT2D eigenvalue weighted by Crippen LogP contribution is -2.68. The minimum Gasteiger partial charge on any atom is -0.481 e. The smallest absolute Gasteiger partial charge is 0.314 e. The molecule has 6 fully saturated rings. The Morgan fingerprint density at radius 2 is 1.52 bits per heavy atom. The van der Waals surface area contributed by atoms with Gasteiger partial charge in [-0.25, -0.2) is 0 Å². The van der Waals surface area contributed by atoms with Gasteiger partial charge in [0.25, 0.3) is 0 Å². The van der Waals surface area contributed by atoms with Gasteiger partial charge in [-0.3, -0.25) is 9.59 Å². The van der Waals surface area contributed by atoms with E-state index in [4.69, 9.17) is 18.9 Å². The summed E-state index contributed by atoms with van der Waals surface area (Å²) in [5, 5.41) is 33.5. The quantitative estimate of drug-likeness (QED) is 0.218.